The molecule has 1 aliphatic rings. The van der Waals surface area contributed by atoms with Crippen molar-refractivity contribution in [3.8, 4) is 11.5 Å². The molecule has 0 unspecified atom stereocenters. The maximum atomic E-state index is 13.0. The molecule has 2 aromatic heterocycles. The molecule has 0 atom stereocenters. The maximum absolute atomic E-state index is 13.0. The van der Waals surface area contributed by atoms with Crippen LogP contribution in [0.25, 0.3) is 10.2 Å². The summed E-state index contributed by atoms with van der Waals surface area (Å²) in [7, 11) is -0.839. The Morgan fingerprint density at radius 3 is 2.50 bits per heavy atom. The number of carbonyl (C=O) groups excluding carboxylic acids is 1. The normalized spacial score (nSPS) is 15.1. The van der Waals surface area contributed by atoms with Crippen LogP contribution in [0, 0.1) is 0 Å². The number of aromatic nitrogens is 2. The van der Waals surface area contributed by atoms with Gasteiger partial charge in [0.05, 0.1) is 30.8 Å². The number of sulfonamides is 1. The zero-order chi connectivity index (χ0) is 22.9. The van der Waals surface area contributed by atoms with Gasteiger partial charge in [0.1, 0.15) is 11.4 Å². The molecule has 32 heavy (non-hydrogen) atoms. The summed E-state index contributed by atoms with van der Waals surface area (Å²) in [5.41, 5.74) is -0.265. The van der Waals surface area contributed by atoms with Gasteiger partial charge in [-0.2, -0.15) is 4.31 Å². The second kappa shape index (κ2) is 8.88. The van der Waals surface area contributed by atoms with Crippen LogP contribution in [0.1, 0.15) is 0 Å². The number of hydrogen-bond acceptors (Lipinski definition) is 8. The van der Waals surface area contributed by atoms with E-state index in [0.717, 1.165) is 0 Å². The first-order valence-corrected chi connectivity index (χ1v) is 12.1. The van der Waals surface area contributed by atoms with Crippen LogP contribution >= 0.6 is 11.3 Å². The minimum absolute atomic E-state index is 0.0941. The maximum Gasteiger partial charge on any atom is 0.262 e. The summed E-state index contributed by atoms with van der Waals surface area (Å²) in [5, 5.41) is 2.26. The van der Waals surface area contributed by atoms with Crippen LogP contribution in [0.3, 0.4) is 0 Å². The Balaban J connectivity index is 1.43. The van der Waals surface area contributed by atoms with E-state index in [9.17, 15) is 18.0 Å². The van der Waals surface area contributed by atoms with E-state index in [0.29, 0.717) is 21.7 Å². The summed E-state index contributed by atoms with van der Waals surface area (Å²) in [6.45, 7) is 0.626. The van der Waals surface area contributed by atoms with E-state index < -0.39 is 10.0 Å². The van der Waals surface area contributed by atoms with Gasteiger partial charge in [-0.05, 0) is 23.6 Å². The van der Waals surface area contributed by atoms with Gasteiger partial charge in [-0.25, -0.2) is 13.4 Å². The van der Waals surface area contributed by atoms with E-state index in [2.05, 4.69) is 4.98 Å². The summed E-state index contributed by atoms with van der Waals surface area (Å²) >= 11 is 1.37. The number of benzene rings is 1. The lowest BCUT2D eigenvalue weighted by Crippen LogP contribution is -2.51. The van der Waals surface area contributed by atoms with Gasteiger partial charge in [0, 0.05) is 32.2 Å². The summed E-state index contributed by atoms with van der Waals surface area (Å²) in [6.07, 6.45) is 1.37. The van der Waals surface area contributed by atoms with Crippen LogP contribution in [0.2, 0.25) is 0 Å². The molecule has 1 amide bonds. The number of thiophene rings is 1. The molecule has 4 rings (SSSR count). The predicted molar refractivity (Wildman–Crippen MR) is 119 cm³/mol. The van der Waals surface area contributed by atoms with Crippen molar-refractivity contribution in [3.63, 3.8) is 0 Å². The van der Waals surface area contributed by atoms with Crippen molar-refractivity contribution in [3.05, 3.63) is 46.3 Å². The van der Waals surface area contributed by atoms with Crippen LogP contribution in [0.5, 0.6) is 11.5 Å². The van der Waals surface area contributed by atoms with Gasteiger partial charge in [-0.15, -0.1) is 11.3 Å². The quantitative estimate of drug-likeness (QED) is 0.520. The third kappa shape index (κ3) is 4.08. The first-order chi connectivity index (χ1) is 15.3. The van der Waals surface area contributed by atoms with Crippen molar-refractivity contribution in [2.75, 3.05) is 40.4 Å². The Hall–Kier alpha value is -2.96. The fourth-order valence-electron chi connectivity index (χ4n) is 3.56. The number of hydrogen-bond donors (Lipinski definition) is 0. The van der Waals surface area contributed by atoms with Crippen molar-refractivity contribution in [1.29, 1.82) is 0 Å². The Morgan fingerprint density at radius 1 is 1.09 bits per heavy atom. The van der Waals surface area contributed by atoms with Gasteiger partial charge in [-0.3, -0.25) is 14.2 Å². The second-order valence-corrected chi connectivity index (χ2v) is 9.95. The first kappa shape index (κ1) is 22.2. The first-order valence-electron chi connectivity index (χ1n) is 9.77. The molecule has 0 N–H and O–H groups in total. The highest BCUT2D eigenvalue weighted by molar-refractivity contribution is 7.89. The lowest BCUT2D eigenvalue weighted by Gasteiger charge is -2.34. The summed E-state index contributed by atoms with van der Waals surface area (Å²) < 4.78 is 39.1. The second-order valence-electron chi connectivity index (χ2n) is 7.12. The van der Waals surface area contributed by atoms with Crippen LogP contribution in [-0.4, -0.2) is 73.5 Å². The van der Waals surface area contributed by atoms with E-state index in [4.69, 9.17) is 9.47 Å². The van der Waals surface area contributed by atoms with E-state index in [1.54, 1.807) is 22.4 Å². The molecular formula is C20H22N4O6S2. The Labute approximate surface area is 188 Å². The molecule has 12 heteroatoms. The van der Waals surface area contributed by atoms with Crippen molar-refractivity contribution >= 4 is 37.5 Å². The SMILES string of the molecule is COc1ccc(S(=O)(=O)N2CCN(C(=O)Cn3cnc4sccc4c3=O)CC2)cc1OC. The fourth-order valence-corrected chi connectivity index (χ4v) is 5.72. The van der Waals surface area contributed by atoms with Crippen LogP contribution in [-0.2, 0) is 21.4 Å². The molecule has 3 heterocycles. The fraction of sp³-hybridized carbons (Fsp3) is 0.350. The standard InChI is InChI=1S/C20H22N4O6S2/c1-29-16-4-3-14(11-17(16)30-2)32(27,28)24-8-6-22(7-9-24)18(25)12-23-13-21-19-15(20(23)26)5-10-31-19/h3-5,10-11,13H,6-9,12H2,1-2H3. The summed E-state index contributed by atoms with van der Waals surface area (Å²) in [5.74, 6) is 0.503. The van der Waals surface area contributed by atoms with Gasteiger partial charge in [0.2, 0.25) is 15.9 Å². The average Bonchev–Trinajstić information content (AvgIpc) is 3.30. The van der Waals surface area contributed by atoms with Crippen LogP contribution < -0.4 is 15.0 Å². The third-order valence-electron chi connectivity index (χ3n) is 5.34. The number of amides is 1. The van der Waals surface area contributed by atoms with E-state index >= 15 is 0 Å². The topological polar surface area (TPSA) is 111 Å². The number of nitrogens with zero attached hydrogens (tertiary/aromatic N) is 4. The predicted octanol–water partition coefficient (Wildman–Crippen LogP) is 1.01. The van der Waals surface area contributed by atoms with Gasteiger partial charge in [0.15, 0.2) is 11.5 Å². The Morgan fingerprint density at radius 2 is 1.81 bits per heavy atom. The van der Waals surface area contributed by atoms with Crippen molar-refractivity contribution < 1.29 is 22.7 Å². The van der Waals surface area contributed by atoms with E-state index in [-0.39, 0.29) is 49.1 Å². The number of ether oxygens (including phenoxy) is 2. The summed E-state index contributed by atoms with van der Waals surface area (Å²) in [4.78, 5) is 31.7. The molecule has 1 aliphatic heterocycles. The van der Waals surface area contributed by atoms with E-state index in [1.165, 1.54) is 52.9 Å². The molecule has 1 saturated heterocycles. The zero-order valence-electron chi connectivity index (χ0n) is 17.6. The Kier molecular flexibility index (Phi) is 6.17. The molecule has 10 nitrogen and oxygen atoms in total. The Bertz CT molecular complexity index is 1310. The van der Waals surface area contributed by atoms with Crippen molar-refractivity contribution in [2.24, 2.45) is 0 Å². The average molecular weight is 479 g/mol. The number of piperazine rings is 1. The lowest BCUT2D eigenvalue weighted by molar-refractivity contribution is -0.133. The highest BCUT2D eigenvalue weighted by Gasteiger charge is 2.31. The highest BCUT2D eigenvalue weighted by Crippen LogP contribution is 2.30. The zero-order valence-corrected chi connectivity index (χ0v) is 19.2. The van der Waals surface area contributed by atoms with Crippen molar-refractivity contribution in [1.82, 2.24) is 18.8 Å². The summed E-state index contributed by atoms with van der Waals surface area (Å²) in [6, 6.07) is 6.12. The molecule has 1 aromatic carbocycles. The molecule has 0 radical (unpaired) electrons. The van der Waals surface area contributed by atoms with Crippen LogP contribution in [0.4, 0.5) is 0 Å². The molecule has 0 bridgehead atoms. The molecule has 1 fully saturated rings. The van der Waals surface area contributed by atoms with Gasteiger partial charge >= 0.3 is 0 Å². The van der Waals surface area contributed by atoms with Gasteiger partial charge in [-0.1, -0.05) is 0 Å². The number of methoxy groups -OCH3 is 2. The smallest absolute Gasteiger partial charge is 0.262 e. The monoisotopic (exact) mass is 478 g/mol. The molecule has 0 spiro atoms. The van der Waals surface area contributed by atoms with Crippen molar-refractivity contribution in [2.45, 2.75) is 11.4 Å². The largest absolute Gasteiger partial charge is 0.493 e. The minimum Gasteiger partial charge on any atom is -0.493 e. The van der Waals surface area contributed by atoms with Gasteiger partial charge in [0.25, 0.3) is 5.56 Å². The number of fused-ring (bicyclic) bond motifs is 1. The minimum atomic E-state index is -3.76. The van der Waals surface area contributed by atoms with E-state index in [1.807, 2.05) is 0 Å². The molecule has 0 saturated carbocycles. The third-order valence-corrected chi connectivity index (χ3v) is 8.06. The van der Waals surface area contributed by atoms with Gasteiger partial charge < -0.3 is 14.4 Å². The number of rotatable bonds is 6. The van der Waals surface area contributed by atoms with Crippen LogP contribution in [0.15, 0.2) is 45.7 Å². The molecule has 3 aromatic rings. The lowest BCUT2D eigenvalue weighted by atomic mass is 10.3. The molecule has 0 aliphatic carbocycles. The molecule has 170 valence electrons. The number of carbonyl (C=O) groups is 1. The highest BCUT2D eigenvalue weighted by atomic mass is 32.2. The molecular weight excluding hydrogens is 456 g/mol.